The van der Waals surface area contributed by atoms with Crippen molar-refractivity contribution in [2.24, 2.45) is 0 Å². The minimum absolute atomic E-state index is 0.383. The fourth-order valence-electron chi connectivity index (χ4n) is 3.31. The Morgan fingerprint density at radius 2 is 2.12 bits per heavy atom. The molecule has 1 aliphatic heterocycles. The van der Waals surface area contributed by atoms with Crippen LogP contribution < -0.4 is 0 Å². The Labute approximate surface area is 109 Å². The lowest BCUT2D eigenvalue weighted by atomic mass is 9.82. The van der Waals surface area contributed by atoms with Gasteiger partial charge in [-0.05, 0) is 49.3 Å². The van der Waals surface area contributed by atoms with Crippen LogP contribution >= 0.6 is 11.6 Å². The smallest absolute Gasteiger partial charge is 0.0475 e. The number of alkyl halides is 1. The maximum atomic E-state index is 6.18. The lowest BCUT2D eigenvalue weighted by Gasteiger charge is -2.29. The third-order valence-electron chi connectivity index (χ3n) is 4.19. The summed E-state index contributed by atoms with van der Waals surface area (Å²) in [6.07, 6.45) is 5.13. The maximum absolute atomic E-state index is 6.18. The van der Waals surface area contributed by atoms with Crippen LogP contribution in [0.5, 0.6) is 0 Å². The van der Waals surface area contributed by atoms with Crippen molar-refractivity contribution in [1.29, 1.82) is 0 Å². The Morgan fingerprint density at radius 3 is 2.94 bits per heavy atom. The van der Waals surface area contributed by atoms with Crippen LogP contribution in [0.4, 0.5) is 0 Å². The molecule has 0 spiro atoms. The number of fused-ring (bicyclic) bond motifs is 1. The molecule has 1 aliphatic carbocycles. The van der Waals surface area contributed by atoms with Crippen LogP contribution in [-0.2, 0) is 6.42 Å². The standard InChI is InChI=1S/C15H20ClN/c16-14-8-9-17(11-14)10-13-6-3-5-12-4-1-2-7-15(12)13/h1-2,4,7,13-14H,3,5-6,8-11H2. The highest BCUT2D eigenvalue weighted by atomic mass is 35.5. The molecule has 0 amide bonds. The number of rotatable bonds is 2. The molecule has 2 heteroatoms. The van der Waals surface area contributed by atoms with Gasteiger partial charge in [0.25, 0.3) is 0 Å². The van der Waals surface area contributed by atoms with Crippen LogP contribution in [-0.4, -0.2) is 29.9 Å². The van der Waals surface area contributed by atoms with Crippen LogP contribution in [0.25, 0.3) is 0 Å². The van der Waals surface area contributed by atoms with E-state index >= 15 is 0 Å². The van der Waals surface area contributed by atoms with E-state index in [4.69, 9.17) is 11.6 Å². The lowest BCUT2D eigenvalue weighted by Crippen LogP contribution is -2.28. The van der Waals surface area contributed by atoms with Crippen LogP contribution in [0.1, 0.15) is 36.3 Å². The van der Waals surface area contributed by atoms with Gasteiger partial charge in [-0.1, -0.05) is 24.3 Å². The fraction of sp³-hybridized carbons (Fsp3) is 0.600. The molecule has 2 atom stereocenters. The molecule has 92 valence electrons. The maximum Gasteiger partial charge on any atom is 0.0475 e. The Balaban J connectivity index is 1.72. The molecule has 1 aromatic rings. The summed E-state index contributed by atoms with van der Waals surface area (Å²) in [5.41, 5.74) is 3.17. The minimum atomic E-state index is 0.383. The zero-order valence-corrected chi connectivity index (χ0v) is 11.0. The highest BCUT2D eigenvalue weighted by Gasteiger charge is 2.26. The average Bonchev–Trinajstić information content (AvgIpc) is 2.75. The molecule has 3 rings (SSSR count). The molecule has 1 nitrogen and oxygen atoms in total. The molecule has 1 heterocycles. The topological polar surface area (TPSA) is 3.24 Å². The van der Waals surface area contributed by atoms with Gasteiger partial charge >= 0.3 is 0 Å². The highest BCUT2D eigenvalue weighted by molar-refractivity contribution is 6.20. The van der Waals surface area contributed by atoms with E-state index in [2.05, 4.69) is 29.2 Å². The van der Waals surface area contributed by atoms with Gasteiger partial charge in [0.2, 0.25) is 0 Å². The Hall–Kier alpha value is -0.530. The number of hydrogen-bond donors (Lipinski definition) is 0. The Morgan fingerprint density at radius 1 is 1.24 bits per heavy atom. The molecule has 17 heavy (non-hydrogen) atoms. The van der Waals surface area contributed by atoms with Crippen molar-refractivity contribution in [2.75, 3.05) is 19.6 Å². The van der Waals surface area contributed by atoms with Crippen LogP contribution in [0.3, 0.4) is 0 Å². The van der Waals surface area contributed by atoms with Gasteiger partial charge in [-0.25, -0.2) is 0 Å². The van der Waals surface area contributed by atoms with E-state index in [9.17, 15) is 0 Å². The second-order valence-corrected chi connectivity index (χ2v) is 6.05. The van der Waals surface area contributed by atoms with Crippen molar-refractivity contribution in [1.82, 2.24) is 4.90 Å². The van der Waals surface area contributed by atoms with Gasteiger partial charge in [0.1, 0.15) is 0 Å². The van der Waals surface area contributed by atoms with Crippen molar-refractivity contribution < 1.29 is 0 Å². The largest absolute Gasteiger partial charge is 0.301 e. The second kappa shape index (κ2) is 4.99. The zero-order valence-electron chi connectivity index (χ0n) is 10.2. The normalized spacial score (nSPS) is 29.2. The van der Waals surface area contributed by atoms with Crippen molar-refractivity contribution >= 4 is 11.6 Å². The lowest BCUT2D eigenvalue weighted by molar-refractivity contribution is 0.301. The SMILES string of the molecule is ClC1CCN(CC2CCCc3ccccc32)C1. The predicted molar refractivity (Wildman–Crippen MR) is 72.8 cm³/mol. The molecule has 0 radical (unpaired) electrons. The van der Waals surface area contributed by atoms with Gasteiger partial charge in [-0.3, -0.25) is 0 Å². The molecule has 0 aromatic heterocycles. The van der Waals surface area contributed by atoms with E-state index in [0.717, 1.165) is 18.9 Å². The summed E-state index contributed by atoms with van der Waals surface area (Å²) in [6.45, 7) is 3.48. The third kappa shape index (κ3) is 2.51. The first kappa shape index (κ1) is 11.6. The molecule has 1 fully saturated rings. The first-order chi connectivity index (χ1) is 8.33. The summed E-state index contributed by atoms with van der Waals surface area (Å²) < 4.78 is 0. The van der Waals surface area contributed by atoms with Crippen molar-refractivity contribution in [3.63, 3.8) is 0 Å². The number of hydrogen-bond acceptors (Lipinski definition) is 1. The van der Waals surface area contributed by atoms with E-state index in [1.165, 1.54) is 32.4 Å². The summed E-state index contributed by atoms with van der Waals surface area (Å²) in [7, 11) is 0. The summed E-state index contributed by atoms with van der Waals surface area (Å²) in [6, 6.07) is 8.99. The third-order valence-corrected chi connectivity index (χ3v) is 4.54. The number of nitrogens with zero attached hydrogens (tertiary/aromatic N) is 1. The number of aryl methyl sites for hydroxylation is 1. The van der Waals surface area contributed by atoms with Crippen molar-refractivity contribution in [3.05, 3.63) is 35.4 Å². The molecular weight excluding hydrogens is 230 g/mol. The summed E-state index contributed by atoms with van der Waals surface area (Å²) in [5.74, 6) is 0.738. The average molecular weight is 250 g/mol. The molecule has 2 aliphatic rings. The Bertz CT molecular complexity index is 390. The number of halogens is 1. The van der Waals surface area contributed by atoms with Gasteiger partial charge in [-0.2, -0.15) is 0 Å². The monoisotopic (exact) mass is 249 g/mol. The van der Waals surface area contributed by atoms with Gasteiger partial charge < -0.3 is 4.90 Å². The Kier molecular flexibility index (Phi) is 3.39. The number of benzene rings is 1. The molecule has 0 saturated carbocycles. The molecule has 0 N–H and O–H groups in total. The van der Waals surface area contributed by atoms with Crippen LogP contribution in [0, 0.1) is 0 Å². The summed E-state index contributed by atoms with van der Waals surface area (Å²) in [5, 5.41) is 0.383. The van der Waals surface area contributed by atoms with E-state index in [1.807, 2.05) is 0 Å². The highest BCUT2D eigenvalue weighted by Crippen LogP contribution is 2.32. The second-order valence-electron chi connectivity index (χ2n) is 5.43. The summed E-state index contributed by atoms with van der Waals surface area (Å²) >= 11 is 6.18. The molecular formula is C15H20ClN. The number of likely N-dealkylation sites (tertiary alicyclic amines) is 1. The molecule has 1 aromatic carbocycles. The van der Waals surface area contributed by atoms with Crippen LogP contribution in [0.2, 0.25) is 0 Å². The first-order valence-electron chi connectivity index (χ1n) is 6.77. The van der Waals surface area contributed by atoms with Gasteiger partial charge in [0.05, 0.1) is 0 Å². The van der Waals surface area contributed by atoms with E-state index < -0.39 is 0 Å². The summed E-state index contributed by atoms with van der Waals surface area (Å²) in [4.78, 5) is 2.55. The van der Waals surface area contributed by atoms with Gasteiger partial charge in [0, 0.05) is 18.5 Å². The molecule has 1 saturated heterocycles. The van der Waals surface area contributed by atoms with Crippen LogP contribution in [0.15, 0.2) is 24.3 Å². The van der Waals surface area contributed by atoms with Gasteiger partial charge in [0.15, 0.2) is 0 Å². The quantitative estimate of drug-likeness (QED) is 0.726. The van der Waals surface area contributed by atoms with E-state index in [1.54, 1.807) is 11.1 Å². The van der Waals surface area contributed by atoms with Gasteiger partial charge in [-0.15, -0.1) is 11.6 Å². The van der Waals surface area contributed by atoms with E-state index in [0.29, 0.717) is 5.38 Å². The molecule has 2 unspecified atom stereocenters. The zero-order chi connectivity index (χ0) is 11.7. The van der Waals surface area contributed by atoms with E-state index in [-0.39, 0.29) is 0 Å². The first-order valence-corrected chi connectivity index (χ1v) is 7.21. The van der Waals surface area contributed by atoms with Crippen molar-refractivity contribution in [3.8, 4) is 0 Å². The predicted octanol–water partition coefficient (Wildman–Crippen LogP) is 3.42. The fourth-order valence-corrected chi connectivity index (χ4v) is 3.60. The molecule has 0 bridgehead atoms. The van der Waals surface area contributed by atoms with Crippen molar-refractivity contribution in [2.45, 2.75) is 37.0 Å². The minimum Gasteiger partial charge on any atom is -0.301 e.